The van der Waals surface area contributed by atoms with Crippen molar-refractivity contribution >= 4 is 23.2 Å². The van der Waals surface area contributed by atoms with Crippen molar-refractivity contribution in [3.05, 3.63) is 87.3 Å². The molecule has 0 aliphatic carbocycles. The third-order valence-electron chi connectivity index (χ3n) is 6.53. The predicted octanol–water partition coefficient (Wildman–Crippen LogP) is 2.95. The van der Waals surface area contributed by atoms with Gasteiger partial charge in [-0.1, -0.05) is 12.1 Å². The van der Waals surface area contributed by atoms with Gasteiger partial charge in [0.15, 0.2) is 0 Å². The number of nitrogens with zero attached hydrogens (tertiary/aromatic N) is 4. The number of methoxy groups -OCH3 is 1. The van der Waals surface area contributed by atoms with E-state index in [2.05, 4.69) is 10.2 Å². The number of hydrogen-bond acceptors (Lipinski definition) is 6. The molecular formula is C28H29N5O4. The molecule has 0 saturated carbocycles. The van der Waals surface area contributed by atoms with Gasteiger partial charge in [-0.3, -0.25) is 14.4 Å². The smallest absolute Gasteiger partial charge is 0.269 e. The second kappa shape index (κ2) is 11.0. The first-order valence-corrected chi connectivity index (χ1v) is 12.0. The summed E-state index contributed by atoms with van der Waals surface area (Å²) in [5, 5.41) is 12.0. The van der Waals surface area contributed by atoms with Gasteiger partial charge in [0.2, 0.25) is 5.91 Å². The van der Waals surface area contributed by atoms with Crippen LogP contribution < -0.4 is 20.5 Å². The number of carbonyl (C=O) groups is 2. The molecule has 0 radical (unpaired) electrons. The number of aromatic nitrogens is 1. The minimum atomic E-state index is -0.484. The first kappa shape index (κ1) is 25.5. The average Bonchev–Trinajstić information content (AvgIpc) is 2.91. The molecule has 4 rings (SSSR count). The molecule has 0 spiro atoms. The number of ether oxygens (including phenoxy) is 1. The van der Waals surface area contributed by atoms with Crippen LogP contribution in [0.4, 0.5) is 11.4 Å². The summed E-state index contributed by atoms with van der Waals surface area (Å²) in [5.74, 6) is 0.348. The highest BCUT2D eigenvalue weighted by molar-refractivity contribution is 5.96. The minimum Gasteiger partial charge on any atom is -0.495 e. The molecule has 190 valence electrons. The lowest BCUT2D eigenvalue weighted by Crippen LogP contribution is -2.48. The zero-order valence-electron chi connectivity index (χ0n) is 21.2. The van der Waals surface area contributed by atoms with Crippen molar-refractivity contribution in [3.63, 3.8) is 0 Å². The molecule has 1 saturated heterocycles. The van der Waals surface area contributed by atoms with Crippen molar-refractivity contribution in [2.75, 3.05) is 43.5 Å². The SMILES string of the molecule is COc1ccccc1N1CCN(C(=O)c2ccc(NC(=O)Cn3c(C)cc(C)c(C#N)c3=O)cc2)CC1. The molecule has 2 amide bonds. The zero-order chi connectivity index (χ0) is 26.5. The number of rotatable bonds is 6. The normalized spacial score (nSPS) is 13.1. The number of para-hydroxylation sites is 2. The Morgan fingerprint density at radius 3 is 2.35 bits per heavy atom. The molecule has 9 heteroatoms. The molecule has 0 bridgehead atoms. The van der Waals surface area contributed by atoms with E-state index < -0.39 is 11.5 Å². The number of pyridine rings is 1. The van der Waals surface area contributed by atoms with Gasteiger partial charge in [-0.2, -0.15) is 5.26 Å². The number of benzene rings is 2. The lowest BCUT2D eigenvalue weighted by Gasteiger charge is -2.36. The largest absolute Gasteiger partial charge is 0.495 e. The first-order valence-electron chi connectivity index (χ1n) is 12.0. The Kier molecular flexibility index (Phi) is 7.58. The van der Waals surface area contributed by atoms with E-state index in [1.807, 2.05) is 35.2 Å². The number of aryl methyl sites for hydroxylation is 2. The summed E-state index contributed by atoms with van der Waals surface area (Å²) in [6, 6.07) is 18.2. The molecule has 1 aliphatic heterocycles. The van der Waals surface area contributed by atoms with Crippen LogP contribution in [0.2, 0.25) is 0 Å². The topological polar surface area (TPSA) is 108 Å². The predicted molar refractivity (Wildman–Crippen MR) is 141 cm³/mol. The molecule has 1 N–H and O–H groups in total. The quantitative estimate of drug-likeness (QED) is 0.559. The van der Waals surface area contributed by atoms with E-state index >= 15 is 0 Å². The van der Waals surface area contributed by atoms with Crippen molar-refractivity contribution in [2.45, 2.75) is 20.4 Å². The van der Waals surface area contributed by atoms with E-state index in [4.69, 9.17) is 4.74 Å². The van der Waals surface area contributed by atoms with Crippen LogP contribution in [0, 0.1) is 25.2 Å². The Balaban J connectivity index is 1.36. The number of carbonyl (C=O) groups excluding carboxylic acids is 2. The third-order valence-corrected chi connectivity index (χ3v) is 6.53. The molecule has 1 aliphatic rings. The molecule has 2 aromatic carbocycles. The van der Waals surface area contributed by atoms with Gasteiger partial charge in [-0.05, 0) is 61.9 Å². The molecular weight excluding hydrogens is 470 g/mol. The molecule has 0 unspecified atom stereocenters. The van der Waals surface area contributed by atoms with Gasteiger partial charge in [0.1, 0.15) is 23.9 Å². The maximum Gasteiger partial charge on any atom is 0.269 e. The van der Waals surface area contributed by atoms with E-state index in [9.17, 15) is 19.6 Å². The monoisotopic (exact) mass is 499 g/mol. The lowest BCUT2D eigenvalue weighted by molar-refractivity contribution is -0.116. The van der Waals surface area contributed by atoms with Gasteiger partial charge in [-0.15, -0.1) is 0 Å². The van der Waals surface area contributed by atoms with Gasteiger partial charge in [-0.25, -0.2) is 0 Å². The number of amides is 2. The number of piperazine rings is 1. The minimum absolute atomic E-state index is 0.0324. The number of anilines is 2. The van der Waals surface area contributed by atoms with E-state index in [1.165, 1.54) is 4.57 Å². The summed E-state index contributed by atoms with van der Waals surface area (Å²) in [6.45, 7) is 5.78. The number of nitriles is 1. The second-order valence-electron chi connectivity index (χ2n) is 8.92. The summed E-state index contributed by atoms with van der Waals surface area (Å²) in [4.78, 5) is 42.2. The van der Waals surface area contributed by atoms with Gasteiger partial charge < -0.3 is 24.4 Å². The first-order chi connectivity index (χ1) is 17.8. The van der Waals surface area contributed by atoms with E-state index in [1.54, 1.807) is 51.3 Å². The van der Waals surface area contributed by atoms with Crippen LogP contribution in [0.5, 0.6) is 5.75 Å². The van der Waals surface area contributed by atoms with Crippen molar-refractivity contribution in [3.8, 4) is 11.8 Å². The molecule has 37 heavy (non-hydrogen) atoms. The summed E-state index contributed by atoms with van der Waals surface area (Å²) in [7, 11) is 1.65. The Morgan fingerprint density at radius 2 is 1.70 bits per heavy atom. The van der Waals surface area contributed by atoms with E-state index in [0.717, 1.165) is 11.4 Å². The van der Waals surface area contributed by atoms with Gasteiger partial charge in [0, 0.05) is 43.1 Å². The summed E-state index contributed by atoms with van der Waals surface area (Å²) < 4.78 is 6.74. The highest BCUT2D eigenvalue weighted by Crippen LogP contribution is 2.28. The maximum absolute atomic E-state index is 13.0. The molecule has 1 aromatic heterocycles. The highest BCUT2D eigenvalue weighted by atomic mass is 16.5. The highest BCUT2D eigenvalue weighted by Gasteiger charge is 2.24. The van der Waals surface area contributed by atoms with Crippen molar-refractivity contribution < 1.29 is 14.3 Å². The average molecular weight is 500 g/mol. The maximum atomic E-state index is 13.0. The van der Waals surface area contributed by atoms with Crippen LogP contribution in [0.25, 0.3) is 0 Å². The van der Waals surface area contributed by atoms with E-state index in [-0.39, 0.29) is 18.0 Å². The second-order valence-corrected chi connectivity index (χ2v) is 8.92. The van der Waals surface area contributed by atoms with Crippen LogP contribution in [0.3, 0.4) is 0 Å². The summed E-state index contributed by atoms with van der Waals surface area (Å²) in [5.41, 5.74) is 2.80. The molecule has 2 heterocycles. The number of hydrogen-bond donors (Lipinski definition) is 1. The van der Waals surface area contributed by atoms with Crippen molar-refractivity contribution in [2.24, 2.45) is 0 Å². The zero-order valence-corrected chi connectivity index (χ0v) is 21.2. The summed E-state index contributed by atoms with van der Waals surface area (Å²) >= 11 is 0. The molecule has 9 nitrogen and oxygen atoms in total. The molecule has 0 atom stereocenters. The fourth-order valence-corrected chi connectivity index (χ4v) is 4.52. The van der Waals surface area contributed by atoms with Gasteiger partial charge in [0.25, 0.3) is 11.5 Å². The fraction of sp³-hybridized carbons (Fsp3) is 0.286. The van der Waals surface area contributed by atoms with Crippen LogP contribution in [-0.2, 0) is 11.3 Å². The Morgan fingerprint density at radius 1 is 1.03 bits per heavy atom. The Labute approximate surface area is 215 Å². The summed E-state index contributed by atoms with van der Waals surface area (Å²) in [6.07, 6.45) is 0. The third kappa shape index (κ3) is 5.48. The number of nitrogens with one attached hydrogen (secondary N) is 1. The lowest BCUT2D eigenvalue weighted by atomic mass is 10.1. The van der Waals surface area contributed by atoms with Crippen LogP contribution in [0.1, 0.15) is 27.2 Å². The molecule has 1 fully saturated rings. The van der Waals surface area contributed by atoms with Crippen LogP contribution in [0.15, 0.2) is 59.4 Å². The van der Waals surface area contributed by atoms with Gasteiger partial charge in [0.05, 0.1) is 12.8 Å². The van der Waals surface area contributed by atoms with Crippen molar-refractivity contribution in [1.82, 2.24) is 9.47 Å². The fourth-order valence-electron chi connectivity index (χ4n) is 4.52. The van der Waals surface area contributed by atoms with Crippen molar-refractivity contribution in [1.29, 1.82) is 5.26 Å². The molecule has 3 aromatic rings. The van der Waals surface area contributed by atoms with Gasteiger partial charge >= 0.3 is 0 Å². The van der Waals surface area contributed by atoms with Crippen LogP contribution >= 0.6 is 0 Å². The Hall–Kier alpha value is -4.58. The standard InChI is InChI=1S/C28H29N5O4/c1-19-16-20(2)33(28(36)23(19)17-29)18-26(34)30-22-10-8-21(9-11-22)27(35)32-14-12-31(13-15-32)24-6-4-5-7-25(24)37-3/h4-11,16H,12-15,18H2,1-3H3,(H,30,34). The van der Waals surface area contributed by atoms with E-state index in [0.29, 0.717) is 48.7 Å². The van der Waals surface area contributed by atoms with Crippen LogP contribution in [-0.4, -0.2) is 54.6 Å². The Bertz CT molecular complexity index is 1410.